The molecule has 3 aromatic rings. The Morgan fingerprint density at radius 1 is 1.16 bits per heavy atom. The summed E-state index contributed by atoms with van der Waals surface area (Å²) in [7, 11) is 0. The number of carbonyl (C=O) groups excluding carboxylic acids is 1. The molecule has 0 atom stereocenters. The molecule has 130 valence electrons. The standard InChI is InChI=1S/C18H21N5O2/c24-16(19-8-12-21-9-1-2-10-21)13-23-17-14(5-3-7-20-17)22-11-4-6-15(22)18(23)25/h3-7,11H,1-2,8-10,12-13H2,(H,19,24). The van der Waals surface area contributed by atoms with Gasteiger partial charge >= 0.3 is 0 Å². The van der Waals surface area contributed by atoms with Gasteiger partial charge < -0.3 is 14.6 Å². The fraction of sp³-hybridized carbons (Fsp3) is 0.389. The van der Waals surface area contributed by atoms with Crippen LogP contribution in [0, 0.1) is 0 Å². The Balaban J connectivity index is 1.56. The lowest BCUT2D eigenvalue weighted by molar-refractivity contribution is -0.121. The molecule has 0 bridgehead atoms. The zero-order chi connectivity index (χ0) is 17.2. The lowest BCUT2D eigenvalue weighted by Crippen LogP contribution is -2.37. The van der Waals surface area contributed by atoms with Crippen LogP contribution < -0.4 is 10.9 Å². The zero-order valence-electron chi connectivity index (χ0n) is 14.0. The molecule has 1 fully saturated rings. The number of nitrogens with one attached hydrogen (secondary N) is 1. The highest BCUT2D eigenvalue weighted by atomic mass is 16.2. The minimum Gasteiger partial charge on any atom is -0.353 e. The van der Waals surface area contributed by atoms with Crippen molar-refractivity contribution in [3.63, 3.8) is 0 Å². The van der Waals surface area contributed by atoms with Gasteiger partial charge in [0.05, 0.1) is 5.52 Å². The summed E-state index contributed by atoms with van der Waals surface area (Å²) in [6, 6.07) is 7.31. The van der Waals surface area contributed by atoms with Gasteiger partial charge in [-0.3, -0.25) is 14.2 Å². The maximum atomic E-state index is 12.7. The third-order valence-electron chi connectivity index (χ3n) is 4.74. The number of hydrogen-bond donors (Lipinski definition) is 1. The molecule has 0 saturated carbocycles. The summed E-state index contributed by atoms with van der Waals surface area (Å²) in [6.45, 7) is 3.65. The molecule has 0 radical (unpaired) electrons. The quantitative estimate of drug-likeness (QED) is 0.748. The maximum Gasteiger partial charge on any atom is 0.276 e. The lowest BCUT2D eigenvalue weighted by atomic mass is 10.3. The Labute approximate surface area is 144 Å². The number of carbonyl (C=O) groups is 1. The lowest BCUT2D eigenvalue weighted by Gasteiger charge is -2.15. The highest BCUT2D eigenvalue weighted by molar-refractivity contribution is 5.80. The SMILES string of the molecule is O=C(Cn1c(=O)c2cccn2c2cccnc21)NCCN1CCCC1. The summed E-state index contributed by atoms with van der Waals surface area (Å²) in [5, 5.41) is 2.92. The van der Waals surface area contributed by atoms with Crippen LogP contribution in [-0.2, 0) is 11.3 Å². The topological polar surface area (TPSA) is 71.6 Å². The van der Waals surface area contributed by atoms with Gasteiger partial charge in [-0.1, -0.05) is 0 Å². The van der Waals surface area contributed by atoms with Crippen molar-refractivity contribution in [3.05, 3.63) is 47.0 Å². The second-order valence-corrected chi connectivity index (χ2v) is 6.40. The fourth-order valence-corrected chi connectivity index (χ4v) is 3.49. The molecule has 1 aliphatic rings. The Kier molecular flexibility index (Phi) is 4.23. The molecule has 4 heterocycles. The normalized spacial score (nSPS) is 15.2. The molecular formula is C18H21N5O2. The molecule has 25 heavy (non-hydrogen) atoms. The van der Waals surface area contributed by atoms with E-state index in [-0.39, 0.29) is 18.0 Å². The molecule has 3 aromatic heterocycles. The van der Waals surface area contributed by atoms with E-state index in [0.29, 0.717) is 17.7 Å². The van der Waals surface area contributed by atoms with Gasteiger partial charge in [-0.25, -0.2) is 4.98 Å². The van der Waals surface area contributed by atoms with E-state index >= 15 is 0 Å². The number of hydrogen-bond acceptors (Lipinski definition) is 4. The molecule has 0 aliphatic carbocycles. The summed E-state index contributed by atoms with van der Waals surface area (Å²) in [5.41, 5.74) is 1.68. The van der Waals surface area contributed by atoms with Crippen molar-refractivity contribution < 1.29 is 4.79 Å². The average molecular weight is 339 g/mol. The number of aromatic nitrogens is 3. The third kappa shape index (κ3) is 3.02. The van der Waals surface area contributed by atoms with Crippen LogP contribution in [-0.4, -0.2) is 50.9 Å². The summed E-state index contributed by atoms with van der Waals surface area (Å²) in [6.07, 6.45) is 5.94. The van der Waals surface area contributed by atoms with Gasteiger partial charge in [0.15, 0.2) is 5.65 Å². The second kappa shape index (κ2) is 6.68. The van der Waals surface area contributed by atoms with E-state index in [2.05, 4.69) is 15.2 Å². The Morgan fingerprint density at radius 2 is 1.96 bits per heavy atom. The molecule has 1 N–H and O–H groups in total. The van der Waals surface area contributed by atoms with Gasteiger partial charge in [-0.2, -0.15) is 0 Å². The molecule has 0 spiro atoms. The van der Waals surface area contributed by atoms with Gasteiger partial charge in [0, 0.05) is 25.5 Å². The predicted octanol–water partition coefficient (Wildman–Crippen LogP) is 0.861. The summed E-state index contributed by atoms with van der Waals surface area (Å²) < 4.78 is 3.27. The van der Waals surface area contributed by atoms with E-state index in [9.17, 15) is 9.59 Å². The summed E-state index contributed by atoms with van der Waals surface area (Å²) in [5.74, 6) is -0.163. The van der Waals surface area contributed by atoms with Crippen molar-refractivity contribution in [3.8, 4) is 0 Å². The minimum absolute atomic E-state index is 0.0198. The van der Waals surface area contributed by atoms with E-state index in [4.69, 9.17) is 0 Å². The fourth-order valence-electron chi connectivity index (χ4n) is 3.49. The zero-order valence-corrected chi connectivity index (χ0v) is 14.0. The predicted molar refractivity (Wildman–Crippen MR) is 95.6 cm³/mol. The summed E-state index contributed by atoms with van der Waals surface area (Å²) >= 11 is 0. The van der Waals surface area contributed by atoms with Crippen LogP contribution >= 0.6 is 0 Å². The van der Waals surface area contributed by atoms with Gasteiger partial charge in [0.25, 0.3) is 5.56 Å². The van der Waals surface area contributed by atoms with E-state index in [1.165, 1.54) is 17.4 Å². The monoisotopic (exact) mass is 339 g/mol. The van der Waals surface area contributed by atoms with Crippen molar-refractivity contribution in [2.75, 3.05) is 26.2 Å². The van der Waals surface area contributed by atoms with Crippen molar-refractivity contribution in [2.45, 2.75) is 19.4 Å². The van der Waals surface area contributed by atoms with Crippen LogP contribution in [0.4, 0.5) is 0 Å². The van der Waals surface area contributed by atoms with Crippen LogP contribution in [0.2, 0.25) is 0 Å². The van der Waals surface area contributed by atoms with Crippen LogP contribution in [0.1, 0.15) is 12.8 Å². The number of fused-ring (bicyclic) bond motifs is 3. The van der Waals surface area contributed by atoms with E-state index in [1.807, 2.05) is 28.8 Å². The number of rotatable bonds is 5. The maximum absolute atomic E-state index is 12.7. The van der Waals surface area contributed by atoms with E-state index < -0.39 is 0 Å². The smallest absolute Gasteiger partial charge is 0.276 e. The number of amides is 1. The van der Waals surface area contributed by atoms with Gasteiger partial charge in [0.1, 0.15) is 12.1 Å². The number of likely N-dealkylation sites (tertiary alicyclic amines) is 1. The summed E-state index contributed by atoms with van der Waals surface area (Å²) in [4.78, 5) is 31.7. The van der Waals surface area contributed by atoms with Crippen molar-refractivity contribution in [2.24, 2.45) is 0 Å². The molecule has 0 aromatic carbocycles. The molecule has 0 unspecified atom stereocenters. The first-order valence-electron chi connectivity index (χ1n) is 8.68. The van der Waals surface area contributed by atoms with Gasteiger partial charge in [-0.05, 0) is 50.2 Å². The van der Waals surface area contributed by atoms with Crippen molar-refractivity contribution in [1.29, 1.82) is 0 Å². The first-order valence-corrected chi connectivity index (χ1v) is 8.68. The molecule has 1 saturated heterocycles. The Hall–Kier alpha value is -2.67. The van der Waals surface area contributed by atoms with Crippen molar-refractivity contribution >= 4 is 22.6 Å². The highest BCUT2D eigenvalue weighted by Crippen LogP contribution is 2.12. The van der Waals surface area contributed by atoms with Gasteiger partial charge in [-0.15, -0.1) is 0 Å². The Bertz CT molecular complexity index is 968. The minimum atomic E-state index is -0.203. The van der Waals surface area contributed by atoms with Crippen LogP contribution in [0.15, 0.2) is 41.5 Å². The molecule has 1 aliphatic heterocycles. The third-order valence-corrected chi connectivity index (χ3v) is 4.74. The Morgan fingerprint density at radius 3 is 2.80 bits per heavy atom. The van der Waals surface area contributed by atoms with E-state index in [1.54, 1.807) is 12.3 Å². The van der Waals surface area contributed by atoms with Crippen LogP contribution in [0.3, 0.4) is 0 Å². The second-order valence-electron chi connectivity index (χ2n) is 6.40. The van der Waals surface area contributed by atoms with Crippen LogP contribution in [0.25, 0.3) is 16.7 Å². The van der Waals surface area contributed by atoms with E-state index in [0.717, 1.165) is 25.2 Å². The molecule has 7 heteroatoms. The van der Waals surface area contributed by atoms with Gasteiger partial charge in [0.2, 0.25) is 5.91 Å². The van der Waals surface area contributed by atoms with Crippen LogP contribution in [0.5, 0.6) is 0 Å². The first kappa shape index (κ1) is 15.8. The molecule has 1 amide bonds. The highest BCUT2D eigenvalue weighted by Gasteiger charge is 2.15. The molecular weight excluding hydrogens is 318 g/mol. The number of pyridine rings is 1. The van der Waals surface area contributed by atoms with Crippen molar-refractivity contribution in [1.82, 2.24) is 24.2 Å². The number of nitrogens with zero attached hydrogens (tertiary/aromatic N) is 4. The average Bonchev–Trinajstić information content (AvgIpc) is 3.30. The largest absolute Gasteiger partial charge is 0.353 e. The molecule has 4 rings (SSSR count). The molecule has 7 nitrogen and oxygen atoms in total. The first-order chi connectivity index (χ1) is 12.2.